The minimum absolute atomic E-state index is 0.0330. The van der Waals surface area contributed by atoms with Crippen LogP contribution in [0.3, 0.4) is 0 Å². The molecule has 3 aliphatic heterocycles. The van der Waals surface area contributed by atoms with E-state index in [0.29, 0.717) is 58.3 Å². The Morgan fingerprint density at radius 2 is 1.87 bits per heavy atom. The van der Waals surface area contributed by atoms with E-state index in [0.717, 1.165) is 24.3 Å². The summed E-state index contributed by atoms with van der Waals surface area (Å²) in [5, 5.41) is 3.08. The van der Waals surface area contributed by atoms with Gasteiger partial charge in [0.05, 0.1) is 25.5 Å². The molecule has 0 aromatic heterocycles. The van der Waals surface area contributed by atoms with Crippen LogP contribution in [0.2, 0.25) is 0 Å². The average Bonchev–Trinajstić information content (AvgIpc) is 2.75. The van der Waals surface area contributed by atoms with Crippen molar-refractivity contribution in [2.24, 2.45) is 11.8 Å². The molecule has 164 valence electrons. The smallest absolute Gasteiger partial charge is 0.320 e. The lowest BCUT2D eigenvalue weighted by molar-refractivity contribution is -0.118. The molecule has 4 rings (SSSR count). The van der Waals surface area contributed by atoms with Gasteiger partial charge in [0.2, 0.25) is 5.91 Å². The molecule has 1 aromatic rings. The molecule has 0 bridgehead atoms. The normalized spacial score (nSPS) is 25.1. The second kappa shape index (κ2) is 9.25. The second-order valence-electron chi connectivity index (χ2n) is 8.94. The van der Waals surface area contributed by atoms with Crippen LogP contribution in [0.1, 0.15) is 44.6 Å². The first kappa shape index (κ1) is 21.0. The van der Waals surface area contributed by atoms with Gasteiger partial charge in [-0.25, -0.2) is 4.79 Å². The number of carbonyl (C=O) groups excluding carboxylic acids is 2. The van der Waals surface area contributed by atoms with Crippen molar-refractivity contribution in [1.29, 1.82) is 0 Å². The van der Waals surface area contributed by atoms with Crippen LogP contribution in [-0.2, 0) is 9.53 Å². The maximum Gasteiger partial charge on any atom is 0.320 e. The standard InChI is InChI=1S/C23H33N3O4/c1-16(2)17-3-4-21-20(13-17)24-22(27)14-18-5-7-26(15-19(18)6-10-30-21)23(28)25-8-11-29-12-9-25/h3-4,13,16,18-19H,5-12,14-15H2,1-2H3,(H,24,27)/t18-,19-/m0/s1. The van der Waals surface area contributed by atoms with Crippen LogP contribution >= 0.6 is 0 Å². The fraction of sp³-hybridized carbons (Fsp3) is 0.652. The Morgan fingerprint density at radius 1 is 1.07 bits per heavy atom. The van der Waals surface area contributed by atoms with Crippen LogP contribution < -0.4 is 10.1 Å². The quantitative estimate of drug-likeness (QED) is 0.764. The van der Waals surface area contributed by atoms with Crippen molar-refractivity contribution in [3.63, 3.8) is 0 Å². The van der Waals surface area contributed by atoms with Gasteiger partial charge in [0.1, 0.15) is 5.75 Å². The maximum atomic E-state index is 12.9. The third-order valence-corrected chi connectivity index (χ3v) is 6.58. The molecule has 0 aliphatic carbocycles. The number of rotatable bonds is 1. The number of anilines is 1. The van der Waals surface area contributed by atoms with Gasteiger partial charge in [-0.1, -0.05) is 19.9 Å². The lowest BCUT2D eigenvalue weighted by Gasteiger charge is -2.41. The van der Waals surface area contributed by atoms with E-state index in [1.54, 1.807) is 0 Å². The molecule has 3 heterocycles. The predicted octanol–water partition coefficient (Wildman–Crippen LogP) is 3.31. The monoisotopic (exact) mass is 415 g/mol. The molecule has 0 radical (unpaired) electrons. The van der Waals surface area contributed by atoms with Gasteiger partial charge in [-0.3, -0.25) is 4.79 Å². The van der Waals surface area contributed by atoms with Gasteiger partial charge in [0.15, 0.2) is 0 Å². The number of hydrogen-bond donors (Lipinski definition) is 1. The zero-order chi connectivity index (χ0) is 21.1. The highest BCUT2D eigenvalue weighted by molar-refractivity contribution is 5.92. The zero-order valence-corrected chi connectivity index (χ0v) is 18.1. The lowest BCUT2D eigenvalue weighted by Crippen LogP contribution is -2.52. The van der Waals surface area contributed by atoms with Crippen molar-refractivity contribution < 1.29 is 19.1 Å². The number of nitrogens with one attached hydrogen (secondary N) is 1. The molecule has 0 saturated carbocycles. The summed E-state index contributed by atoms with van der Waals surface area (Å²) < 4.78 is 11.4. The van der Waals surface area contributed by atoms with Gasteiger partial charge in [0, 0.05) is 32.6 Å². The lowest BCUT2D eigenvalue weighted by atomic mass is 9.81. The Kier molecular flexibility index (Phi) is 6.46. The van der Waals surface area contributed by atoms with E-state index < -0.39 is 0 Å². The molecule has 1 N–H and O–H groups in total. The Bertz CT molecular complexity index is 776. The van der Waals surface area contributed by atoms with Crippen molar-refractivity contribution in [3.8, 4) is 5.75 Å². The first-order valence-corrected chi connectivity index (χ1v) is 11.2. The van der Waals surface area contributed by atoms with Gasteiger partial charge >= 0.3 is 6.03 Å². The van der Waals surface area contributed by atoms with Gasteiger partial charge in [-0.05, 0) is 48.3 Å². The molecular weight excluding hydrogens is 382 g/mol. The van der Waals surface area contributed by atoms with E-state index in [-0.39, 0.29) is 23.8 Å². The number of ether oxygens (including phenoxy) is 2. The molecule has 30 heavy (non-hydrogen) atoms. The number of hydrogen-bond acceptors (Lipinski definition) is 4. The fourth-order valence-corrected chi connectivity index (χ4v) is 4.69. The molecule has 2 atom stereocenters. The molecule has 3 aliphatic rings. The highest BCUT2D eigenvalue weighted by Crippen LogP contribution is 2.34. The minimum Gasteiger partial charge on any atom is -0.491 e. The highest BCUT2D eigenvalue weighted by atomic mass is 16.5. The predicted molar refractivity (Wildman–Crippen MR) is 115 cm³/mol. The summed E-state index contributed by atoms with van der Waals surface area (Å²) in [5.74, 6) is 1.69. The van der Waals surface area contributed by atoms with Gasteiger partial charge in [-0.2, -0.15) is 0 Å². The molecule has 7 heteroatoms. The van der Waals surface area contributed by atoms with Crippen LogP contribution in [0.15, 0.2) is 18.2 Å². The summed E-state index contributed by atoms with van der Waals surface area (Å²) in [6.07, 6.45) is 2.19. The number of piperidine rings is 1. The number of urea groups is 1. The van der Waals surface area contributed by atoms with Crippen LogP contribution in [0.5, 0.6) is 5.75 Å². The number of fused-ring (bicyclic) bond motifs is 2. The number of amides is 3. The molecule has 2 fully saturated rings. The number of morpholine rings is 1. The first-order valence-electron chi connectivity index (χ1n) is 11.2. The van der Waals surface area contributed by atoms with E-state index >= 15 is 0 Å². The van der Waals surface area contributed by atoms with E-state index in [1.165, 1.54) is 5.56 Å². The third-order valence-electron chi connectivity index (χ3n) is 6.58. The van der Waals surface area contributed by atoms with Gasteiger partial charge in [-0.15, -0.1) is 0 Å². The highest BCUT2D eigenvalue weighted by Gasteiger charge is 2.35. The largest absolute Gasteiger partial charge is 0.491 e. The summed E-state index contributed by atoms with van der Waals surface area (Å²) in [6, 6.07) is 6.15. The summed E-state index contributed by atoms with van der Waals surface area (Å²) in [4.78, 5) is 29.5. The van der Waals surface area contributed by atoms with Crippen molar-refractivity contribution in [2.45, 2.75) is 39.0 Å². The Labute approximate surface area is 178 Å². The van der Waals surface area contributed by atoms with E-state index in [2.05, 4.69) is 25.2 Å². The Morgan fingerprint density at radius 3 is 2.63 bits per heavy atom. The number of nitrogens with zero attached hydrogens (tertiary/aromatic N) is 2. The van der Waals surface area contributed by atoms with Crippen LogP contribution in [0, 0.1) is 11.8 Å². The molecule has 1 aromatic carbocycles. The number of carbonyl (C=O) groups is 2. The molecule has 7 nitrogen and oxygen atoms in total. The molecule has 0 unspecified atom stereocenters. The van der Waals surface area contributed by atoms with E-state index in [1.807, 2.05) is 21.9 Å². The summed E-state index contributed by atoms with van der Waals surface area (Å²) in [6.45, 7) is 8.80. The van der Waals surface area contributed by atoms with Crippen molar-refractivity contribution in [1.82, 2.24) is 9.80 Å². The van der Waals surface area contributed by atoms with Gasteiger partial charge in [0.25, 0.3) is 0 Å². The number of benzene rings is 1. The molecule has 3 amide bonds. The zero-order valence-electron chi connectivity index (χ0n) is 18.1. The summed E-state index contributed by atoms with van der Waals surface area (Å²) in [5.41, 5.74) is 1.95. The van der Waals surface area contributed by atoms with Crippen molar-refractivity contribution in [3.05, 3.63) is 23.8 Å². The fourth-order valence-electron chi connectivity index (χ4n) is 4.69. The van der Waals surface area contributed by atoms with Crippen molar-refractivity contribution in [2.75, 3.05) is 51.3 Å². The third kappa shape index (κ3) is 4.72. The molecule has 2 saturated heterocycles. The Balaban J connectivity index is 1.45. The molecular formula is C23H33N3O4. The Hall–Kier alpha value is -2.28. The summed E-state index contributed by atoms with van der Waals surface area (Å²) >= 11 is 0. The SMILES string of the molecule is CC(C)c1ccc2c(c1)NC(=O)C[C@@H]1CCN(C(=O)N3CCOCC3)C[C@@H]1CCO2. The van der Waals surface area contributed by atoms with Crippen LogP contribution in [0.4, 0.5) is 10.5 Å². The average molecular weight is 416 g/mol. The van der Waals surface area contributed by atoms with Crippen molar-refractivity contribution >= 4 is 17.6 Å². The summed E-state index contributed by atoms with van der Waals surface area (Å²) in [7, 11) is 0. The molecule has 0 spiro atoms. The second-order valence-corrected chi connectivity index (χ2v) is 8.94. The minimum atomic E-state index is 0.0330. The van der Waals surface area contributed by atoms with Crippen LogP contribution in [-0.4, -0.2) is 67.7 Å². The van der Waals surface area contributed by atoms with E-state index in [9.17, 15) is 9.59 Å². The maximum absolute atomic E-state index is 12.9. The first-order chi connectivity index (χ1) is 14.5. The van der Waals surface area contributed by atoms with Crippen LogP contribution in [0.25, 0.3) is 0 Å². The van der Waals surface area contributed by atoms with E-state index in [4.69, 9.17) is 9.47 Å². The number of likely N-dealkylation sites (tertiary alicyclic amines) is 1. The topological polar surface area (TPSA) is 71.1 Å². The van der Waals surface area contributed by atoms with Gasteiger partial charge < -0.3 is 24.6 Å².